The second-order valence-corrected chi connectivity index (χ2v) is 11.8. The van der Waals surface area contributed by atoms with Crippen LogP contribution in [0.4, 0.5) is 0 Å². The molecule has 0 unspecified atom stereocenters. The van der Waals surface area contributed by atoms with Crippen molar-refractivity contribution in [2.75, 3.05) is 0 Å². The number of aromatic nitrogens is 3. The van der Waals surface area contributed by atoms with E-state index in [1.165, 1.54) is 21.8 Å². The summed E-state index contributed by atoms with van der Waals surface area (Å²) in [6.07, 6.45) is 0. The number of fused-ring (bicyclic) bond motifs is 9. The number of benzene rings is 7. The van der Waals surface area contributed by atoms with Crippen molar-refractivity contribution in [1.82, 2.24) is 14.5 Å². The summed E-state index contributed by atoms with van der Waals surface area (Å²) in [5.41, 5.74) is 11.9. The molecule has 0 saturated heterocycles. The Balaban J connectivity index is 1.07. The third-order valence-electron chi connectivity index (χ3n) is 9.18. The van der Waals surface area contributed by atoms with Crippen LogP contribution < -0.4 is 0 Å². The Bertz CT molecular complexity index is 2770. The van der Waals surface area contributed by atoms with E-state index in [2.05, 4.69) is 150 Å². The predicted molar refractivity (Wildman–Crippen MR) is 190 cm³/mol. The molecule has 0 atom stereocenters. The van der Waals surface area contributed by atoms with Gasteiger partial charge in [0.05, 0.1) is 27.5 Å². The maximum atomic E-state index is 6.21. The predicted octanol–water partition coefficient (Wildman–Crippen LogP) is 11.1. The van der Waals surface area contributed by atoms with Gasteiger partial charge in [0.1, 0.15) is 11.1 Å². The molecule has 0 spiro atoms. The lowest BCUT2D eigenvalue weighted by Crippen LogP contribution is -1.94. The summed E-state index contributed by atoms with van der Waals surface area (Å²) in [7, 11) is 0. The second kappa shape index (κ2) is 9.62. The molecule has 0 N–H and O–H groups in total. The van der Waals surface area contributed by atoms with E-state index < -0.39 is 0 Å². The van der Waals surface area contributed by atoms with E-state index in [1.807, 2.05) is 6.07 Å². The zero-order chi connectivity index (χ0) is 30.2. The van der Waals surface area contributed by atoms with Gasteiger partial charge in [-0.2, -0.15) is 0 Å². The Labute approximate surface area is 263 Å². The smallest absolute Gasteiger partial charge is 0.246 e. The molecule has 46 heavy (non-hydrogen) atoms. The molecule has 10 aromatic rings. The van der Waals surface area contributed by atoms with Crippen molar-refractivity contribution in [3.05, 3.63) is 152 Å². The third kappa shape index (κ3) is 3.74. The minimum atomic E-state index is 0.562. The van der Waals surface area contributed by atoms with Crippen LogP contribution in [0.2, 0.25) is 0 Å². The average molecular weight is 588 g/mol. The standard InChI is InChI=1S/C42H25N3O/c1-2-14-32-26(9-1)20-22-39-40(32)41-42(46-39)44-36-25-30(19-21-35(36)43-41)28-11-7-10-27(23-28)29-12-8-13-31(24-29)45-37-17-5-3-15-33(37)34-16-4-6-18-38(34)45/h1-25H. The Morgan fingerprint density at radius 2 is 1.11 bits per heavy atom. The van der Waals surface area contributed by atoms with Gasteiger partial charge in [-0.25, -0.2) is 9.97 Å². The molecule has 3 aromatic heterocycles. The minimum Gasteiger partial charge on any atom is -0.436 e. The van der Waals surface area contributed by atoms with E-state index in [0.29, 0.717) is 5.71 Å². The molecule has 214 valence electrons. The zero-order valence-electron chi connectivity index (χ0n) is 24.7. The van der Waals surface area contributed by atoms with Crippen molar-refractivity contribution < 1.29 is 4.42 Å². The first kappa shape index (κ1) is 25.1. The Hall–Kier alpha value is -6.26. The summed E-state index contributed by atoms with van der Waals surface area (Å²) in [4.78, 5) is 9.98. The first-order chi connectivity index (χ1) is 22.8. The van der Waals surface area contributed by atoms with E-state index in [1.54, 1.807) is 0 Å². The molecular formula is C42H25N3O. The van der Waals surface area contributed by atoms with Gasteiger partial charge in [0, 0.05) is 16.5 Å². The van der Waals surface area contributed by atoms with Gasteiger partial charge in [-0.3, -0.25) is 0 Å². The van der Waals surface area contributed by atoms with Gasteiger partial charge < -0.3 is 8.98 Å². The topological polar surface area (TPSA) is 43.9 Å². The first-order valence-corrected chi connectivity index (χ1v) is 15.5. The molecule has 0 amide bonds. The lowest BCUT2D eigenvalue weighted by Gasteiger charge is -2.11. The van der Waals surface area contributed by atoms with E-state index in [9.17, 15) is 0 Å². The lowest BCUT2D eigenvalue weighted by atomic mass is 9.98. The van der Waals surface area contributed by atoms with Gasteiger partial charge in [0.15, 0.2) is 0 Å². The summed E-state index contributed by atoms with van der Waals surface area (Å²) < 4.78 is 8.57. The van der Waals surface area contributed by atoms with Crippen LogP contribution in [0.15, 0.2) is 156 Å². The highest BCUT2D eigenvalue weighted by atomic mass is 16.3. The number of hydrogen-bond donors (Lipinski definition) is 0. The molecule has 3 heterocycles. The van der Waals surface area contributed by atoms with Gasteiger partial charge in [-0.1, -0.05) is 103 Å². The zero-order valence-corrected chi connectivity index (χ0v) is 24.7. The van der Waals surface area contributed by atoms with Gasteiger partial charge in [0.25, 0.3) is 0 Å². The summed E-state index contributed by atoms with van der Waals surface area (Å²) in [6.45, 7) is 0. The van der Waals surface area contributed by atoms with Gasteiger partial charge in [-0.15, -0.1) is 0 Å². The molecule has 0 aliphatic heterocycles. The normalized spacial score (nSPS) is 11.9. The lowest BCUT2D eigenvalue weighted by molar-refractivity contribution is 0.655. The monoisotopic (exact) mass is 587 g/mol. The molecule has 0 radical (unpaired) electrons. The van der Waals surface area contributed by atoms with Crippen molar-refractivity contribution >= 4 is 65.8 Å². The molecule has 0 aliphatic rings. The minimum absolute atomic E-state index is 0.562. The highest BCUT2D eigenvalue weighted by Crippen LogP contribution is 2.36. The fraction of sp³-hybridized carbons (Fsp3) is 0. The number of para-hydroxylation sites is 2. The molecule has 7 aromatic carbocycles. The largest absolute Gasteiger partial charge is 0.436 e. The molecular weight excluding hydrogens is 562 g/mol. The maximum absolute atomic E-state index is 6.21. The van der Waals surface area contributed by atoms with Crippen molar-refractivity contribution in [3.8, 4) is 27.9 Å². The molecule has 10 rings (SSSR count). The first-order valence-electron chi connectivity index (χ1n) is 15.5. The van der Waals surface area contributed by atoms with E-state index in [-0.39, 0.29) is 0 Å². The van der Waals surface area contributed by atoms with Crippen LogP contribution in [-0.4, -0.2) is 14.5 Å². The van der Waals surface area contributed by atoms with E-state index in [0.717, 1.165) is 66.2 Å². The van der Waals surface area contributed by atoms with E-state index >= 15 is 0 Å². The Morgan fingerprint density at radius 1 is 0.457 bits per heavy atom. The fourth-order valence-corrected chi connectivity index (χ4v) is 7.04. The molecule has 0 saturated carbocycles. The average Bonchev–Trinajstić information content (AvgIpc) is 3.66. The molecule has 0 fully saturated rings. The van der Waals surface area contributed by atoms with E-state index in [4.69, 9.17) is 14.4 Å². The Morgan fingerprint density at radius 3 is 1.89 bits per heavy atom. The SMILES string of the molecule is c1cc(-c2cccc(-n3c4ccccc4c4ccccc43)c2)cc(-c2ccc3nc4c(nc3c2)oc2ccc3ccccc3c24)c1. The molecule has 0 bridgehead atoms. The van der Waals surface area contributed by atoms with Crippen LogP contribution in [0.25, 0.3) is 93.8 Å². The van der Waals surface area contributed by atoms with Crippen molar-refractivity contribution in [1.29, 1.82) is 0 Å². The molecule has 0 aliphatic carbocycles. The number of furan rings is 1. The van der Waals surface area contributed by atoms with Crippen LogP contribution in [0.5, 0.6) is 0 Å². The van der Waals surface area contributed by atoms with Crippen molar-refractivity contribution in [2.45, 2.75) is 0 Å². The summed E-state index contributed by atoms with van der Waals surface area (Å²) in [6, 6.07) is 53.5. The summed E-state index contributed by atoms with van der Waals surface area (Å²) in [5, 5.41) is 5.83. The van der Waals surface area contributed by atoms with Crippen molar-refractivity contribution in [2.24, 2.45) is 0 Å². The van der Waals surface area contributed by atoms with Gasteiger partial charge in [-0.05, 0) is 81.6 Å². The van der Waals surface area contributed by atoms with Crippen LogP contribution in [0.3, 0.4) is 0 Å². The second-order valence-electron chi connectivity index (χ2n) is 11.8. The fourth-order valence-electron chi connectivity index (χ4n) is 7.04. The third-order valence-corrected chi connectivity index (χ3v) is 9.18. The highest BCUT2D eigenvalue weighted by molar-refractivity contribution is 6.17. The quantitative estimate of drug-likeness (QED) is 0.207. The van der Waals surface area contributed by atoms with Gasteiger partial charge >= 0.3 is 0 Å². The van der Waals surface area contributed by atoms with Gasteiger partial charge in [0.2, 0.25) is 5.71 Å². The maximum Gasteiger partial charge on any atom is 0.246 e. The highest BCUT2D eigenvalue weighted by Gasteiger charge is 2.15. The van der Waals surface area contributed by atoms with Crippen LogP contribution in [-0.2, 0) is 0 Å². The Kier molecular flexibility index (Phi) is 5.25. The van der Waals surface area contributed by atoms with Crippen LogP contribution in [0, 0.1) is 0 Å². The summed E-state index contributed by atoms with van der Waals surface area (Å²) >= 11 is 0. The molecule has 4 nitrogen and oxygen atoms in total. The van der Waals surface area contributed by atoms with Crippen molar-refractivity contribution in [3.63, 3.8) is 0 Å². The number of hydrogen-bond acceptors (Lipinski definition) is 3. The summed E-state index contributed by atoms with van der Waals surface area (Å²) in [5.74, 6) is 0. The van der Waals surface area contributed by atoms with Crippen LogP contribution >= 0.6 is 0 Å². The number of rotatable bonds is 3. The molecule has 4 heteroatoms. The van der Waals surface area contributed by atoms with Crippen LogP contribution in [0.1, 0.15) is 0 Å². The number of nitrogens with zero attached hydrogens (tertiary/aromatic N) is 3.